The van der Waals surface area contributed by atoms with Crippen LogP contribution in [0.1, 0.15) is 188 Å². The van der Waals surface area contributed by atoms with Gasteiger partial charge in [-0.05, 0) is 18.3 Å². The maximum atomic E-state index is 2.57. The molecule has 0 amide bonds. The molecule has 0 fully saturated rings. The molecule has 0 nitrogen and oxygen atoms in total. The Labute approximate surface area is 193 Å². The predicted octanol–water partition coefficient (Wildman–Crippen LogP) is 11.8. The lowest BCUT2D eigenvalue weighted by Gasteiger charge is -2.28. The summed E-state index contributed by atoms with van der Waals surface area (Å²) in [4.78, 5) is 0. The van der Waals surface area contributed by atoms with Crippen LogP contribution < -0.4 is 0 Å². The van der Waals surface area contributed by atoms with Crippen molar-refractivity contribution < 1.29 is 0 Å². The molecule has 0 aliphatic heterocycles. The maximum Gasteiger partial charge on any atom is -0.0328 e. The molecule has 0 heteroatoms. The van der Waals surface area contributed by atoms with Crippen LogP contribution in [0.2, 0.25) is 0 Å². The van der Waals surface area contributed by atoms with E-state index in [9.17, 15) is 0 Å². The zero-order valence-corrected chi connectivity index (χ0v) is 22.2. The molecule has 1 unspecified atom stereocenters. The Kier molecular flexibility index (Phi) is 23.7. The third kappa shape index (κ3) is 21.2. The third-order valence-electron chi connectivity index (χ3n) is 7.62. The molecule has 0 heterocycles. The molecule has 0 rings (SSSR count). The van der Waals surface area contributed by atoms with E-state index in [1.807, 2.05) is 0 Å². The quantitative estimate of drug-likeness (QED) is 0.128. The first kappa shape index (κ1) is 30.0. The molecule has 1 atom stereocenters. The van der Waals surface area contributed by atoms with Crippen LogP contribution >= 0.6 is 0 Å². The first-order valence-corrected chi connectivity index (χ1v) is 14.7. The molecule has 0 radical (unpaired) electrons. The van der Waals surface area contributed by atoms with E-state index in [1.54, 1.807) is 0 Å². The minimum Gasteiger partial charge on any atom is -0.0654 e. The molecule has 182 valence electrons. The fourth-order valence-corrected chi connectivity index (χ4v) is 4.91. The van der Waals surface area contributed by atoms with Gasteiger partial charge >= 0.3 is 0 Å². The number of unbranched alkanes of at least 4 members (excludes halogenated alkanes) is 20. The van der Waals surface area contributed by atoms with Crippen molar-refractivity contribution >= 4 is 0 Å². The number of hydrogen-bond donors (Lipinski definition) is 0. The second-order valence-electron chi connectivity index (χ2n) is 10.7. The number of hydrogen-bond acceptors (Lipinski definition) is 0. The van der Waals surface area contributed by atoms with E-state index in [1.165, 1.54) is 161 Å². The Hall–Kier alpha value is 0. The Bertz CT molecular complexity index is 307. The van der Waals surface area contributed by atoms with Crippen molar-refractivity contribution in [3.8, 4) is 0 Å². The Morgan fingerprint density at radius 3 is 0.800 bits per heavy atom. The Morgan fingerprint density at radius 2 is 0.567 bits per heavy atom. The van der Waals surface area contributed by atoms with Crippen LogP contribution in [0, 0.1) is 5.41 Å². The largest absolute Gasteiger partial charge is 0.0654 e. The summed E-state index contributed by atoms with van der Waals surface area (Å²) in [6.07, 6.45) is 36.5. The van der Waals surface area contributed by atoms with E-state index in [0.717, 1.165) is 0 Å². The third-order valence-corrected chi connectivity index (χ3v) is 7.62. The van der Waals surface area contributed by atoms with Crippen LogP contribution in [0.25, 0.3) is 0 Å². The normalized spacial score (nSPS) is 13.6. The van der Waals surface area contributed by atoms with Gasteiger partial charge in [-0.15, -0.1) is 0 Å². The van der Waals surface area contributed by atoms with Crippen molar-refractivity contribution in [3.63, 3.8) is 0 Å². The molecule has 0 aromatic heterocycles. The lowest BCUT2D eigenvalue weighted by molar-refractivity contribution is 0.241. The topological polar surface area (TPSA) is 0 Å². The van der Waals surface area contributed by atoms with Gasteiger partial charge in [0.05, 0.1) is 0 Å². The minimum atomic E-state index is 0.624. The average molecular weight is 423 g/mol. The molecular formula is C30H62. The standard InChI is InChI=1S/C30H62/c1-5-8-10-12-14-16-18-19-21-23-25-27-29-30(4,7-3)28-26-24-22-20-17-15-13-11-9-6-2/h5-29H2,1-4H3. The summed E-state index contributed by atoms with van der Waals surface area (Å²) >= 11 is 0. The molecule has 0 saturated heterocycles. The van der Waals surface area contributed by atoms with Crippen molar-refractivity contribution in [2.75, 3.05) is 0 Å². The SMILES string of the molecule is CCCCCCCCCCCCCCC(C)(CC)CCCCCCCCCCCC. The van der Waals surface area contributed by atoms with E-state index in [-0.39, 0.29) is 0 Å². The molecule has 0 saturated carbocycles. The van der Waals surface area contributed by atoms with Gasteiger partial charge in [0.1, 0.15) is 0 Å². The van der Waals surface area contributed by atoms with Gasteiger partial charge in [-0.1, -0.05) is 175 Å². The van der Waals surface area contributed by atoms with Gasteiger partial charge in [0.15, 0.2) is 0 Å². The van der Waals surface area contributed by atoms with Gasteiger partial charge in [-0.3, -0.25) is 0 Å². The fraction of sp³-hybridized carbons (Fsp3) is 1.00. The first-order chi connectivity index (χ1) is 14.7. The molecule has 0 bridgehead atoms. The molecule has 0 aliphatic carbocycles. The molecule has 0 aliphatic rings. The van der Waals surface area contributed by atoms with Crippen molar-refractivity contribution in [1.82, 2.24) is 0 Å². The zero-order chi connectivity index (χ0) is 22.2. The van der Waals surface area contributed by atoms with E-state index < -0.39 is 0 Å². The van der Waals surface area contributed by atoms with E-state index >= 15 is 0 Å². The second-order valence-corrected chi connectivity index (χ2v) is 10.7. The van der Waals surface area contributed by atoms with Crippen LogP contribution in [-0.4, -0.2) is 0 Å². The Balaban J connectivity index is 3.45. The Morgan fingerprint density at radius 1 is 0.333 bits per heavy atom. The molecule has 30 heavy (non-hydrogen) atoms. The van der Waals surface area contributed by atoms with E-state index in [2.05, 4.69) is 27.7 Å². The van der Waals surface area contributed by atoms with Crippen LogP contribution in [-0.2, 0) is 0 Å². The summed E-state index contributed by atoms with van der Waals surface area (Å²) in [7, 11) is 0. The lowest BCUT2D eigenvalue weighted by atomic mass is 9.77. The van der Waals surface area contributed by atoms with Crippen LogP contribution in [0.5, 0.6) is 0 Å². The molecule has 0 spiro atoms. The maximum absolute atomic E-state index is 2.57. The second kappa shape index (κ2) is 23.7. The summed E-state index contributed by atoms with van der Waals surface area (Å²) in [6, 6.07) is 0. The van der Waals surface area contributed by atoms with E-state index in [4.69, 9.17) is 0 Å². The van der Waals surface area contributed by atoms with Crippen LogP contribution in [0.3, 0.4) is 0 Å². The highest BCUT2D eigenvalue weighted by atomic mass is 14.3. The summed E-state index contributed by atoms with van der Waals surface area (Å²) in [6.45, 7) is 9.61. The minimum absolute atomic E-state index is 0.624. The number of rotatable bonds is 25. The highest BCUT2D eigenvalue weighted by molar-refractivity contribution is 4.73. The van der Waals surface area contributed by atoms with Crippen LogP contribution in [0.4, 0.5) is 0 Å². The van der Waals surface area contributed by atoms with E-state index in [0.29, 0.717) is 5.41 Å². The monoisotopic (exact) mass is 422 g/mol. The van der Waals surface area contributed by atoms with Crippen LogP contribution in [0.15, 0.2) is 0 Å². The smallest absolute Gasteiger partial charge is 0.0328 e. The van der Waals surface area contributed by atoms with Crippen molar-refractivity contribution in [2.45, 2.75) is 188 Å². The van der Waals surface area contributed by atoms with Crippen molar-refractivity contribution in [3.05, 3.63) is 0 Å². The first-order valence-electron chi connectivity index (χ1n) is 14.7. The molecular weight excluding hydrogens is 360 g/mol. The van der Waals surface area contributed by atoms with Crippen molar-refractivity contribution in [2.24, 2.45) is 5.41 Å². The highest BCUT2D eigenvalue weighted by Crippen LogP contribution is 2.34. The summed E-state index contributed by atoms with van der Waals surface area (Å²) < 4.78 is 0. The van der Waals surface area contributed by atoms with Gasteiger partial charge in [0.25, 0.3) is 0 Å². The predicted molar refractivity (Wildman–Crippen MR) is 141 cm³/mol. The highest BCUT2D eigenvalue weighted by Gasteiger charge is 2.20. The van der Waals surface area contributed by atoms with Gasteiger partial charge in [0.2, 0.25) is 0 Å². The molecule has 0 aromatic carbocycles. The zero-order valence-electron chi connectivity index (χ0n) is 22.2. The van der Waals surface area contributed by atoms with Crippen molar-refractivity contribution in [1.29, 1.82) is 0 Å². The molecule has 0 N–H and O–H groups in total. The van der Waals surface area contributed by atoms with Gasteiger partial charge < -0.3 is 0 Å². The summed E-state index contributed by atoms with van der Waals surface area (Å²) in [5.74, 6) is 0. The average Bonchev–Trinajstić information content (AvgIpc) is 2.76. The fourth-order valence-electron chi connectivity index (χ4n) is 4.91. The van der Waals surface area contributed by atoms with Gasteiger partial charge in [-0.2, -0.15) is 0 Å². The van der Waals surface area contributed by atoms with Gasteiger partial charge in [-0.25, -0.2) is 0 Å². The lowest BCUT2D eigenvalue weighted by Crippen LogP contribution is -2.15. The summed E-state index contributed by atoms with van der Waals surface area (Å²) in [5, 5.41) is 0. The van der Waals surface area contributed by atoms with Gasteiger partial charge in [0, 0.05) is 0 Å². The summed E-state index contributed by atoms with van der Waals surface area (Å²) in [5.41, 5.74) is 0.624. The molecule has 0 aromatic rings.